The summed E-state index contributed by atoms with van der Waals surface area (Å²) < 4.78 is 1.44. The van der Waals surface area contributed by atoms with Gasteiger partial charge in [-0.3, -0.25) is 0 Å². The second-order valence-corrected chi connectivity index (χ2v) is 7.47. The molecule has 1 aliphatic carbocycles. The molecule has 1 nitrogen and oxygen atoms in total. The lowest BCUT2D eigenvalue weighted by Crippen LogP contribution is -2.58. The van der Waals surface area contributed by atoms with Crippen molar-refractivity contribution >= 4 is 0 Å². The number of nitrogens with zero attached hydrogens (tertiary/aromatic N) is 1. The molecule has 0 aromatic rings. The van der Waals surface area contributed by atoms with Crippen molar-refractivity contribution in [1.29, 1.82) is 0 Å². The Bertz CT molecular complexity index is 248. The first-order valence-corrected chi connectivity index (χ1v) is 7.24. The first-order valence-electron chi connectivity index (χ1n) is 7.24. The van der Waals surface area contributed by atoms with E-state index >= 15 is 0 Å². The van der Waals surface area contributed by atoms with Gasteiger partial charge in [0.1, 0.15) is 0 Å². The predicted molar refractivity (Wildman–Crippen MR) is 70.3 cm³/mol. The van der Waals surface area contributed by atoms with Crippen LogP contribution in [0.2, 0.25) is 0 Å². The van der Waals surface area contributed by atoms with Crippen LogP contribution < -0.4 is 0 Å². The topological polar surface area (TPSA) is 0 Å². The molecule has 1 saturated carbocycles. The molecule has 94 valence electrons. The molecule has 0 aromatic heterocycles. The Morgan fingerprint density at radius 3 is 2.00 bits per heavy atom. The summed E-state index contributed by atoms with van der Waals surface area (Å²) in [7, 11) is 0. The van der Waals surface area contributed by atoms with Crippen LogP contribution >= 0.6 is 0 Å². The molecule has 16 heavy (non-hydrogen) atoms. The Balaban J connectivity index is 2.22. The van der Waals surface area contributed by atoms with Crippen LogP contribution in [0.25, 0.3) is 0 Å². The van der Waals surface area contributed by atoms with Gasteiger partial charge in [0.25, 0.3) is 0 Å². The predicted octanol–water partition coefficient (Wildman–Crippen LogP) is 3.83. The zero-order chi connectivity index (χ0) is 12.0. The second-order valence-electron chi connectivity index (χ2n) is 7.47. The van der Waals surface area contributed by atoms with E-state index in [4.69, 9.17) is 0 Å². The van der Waals surface area contributed by atoms with E-state index < -0.39 is 0 Å². The van der Waals surface area contributed by atoms with Crippen LogP contribution in [0.4, 0.5) is 0 Å². The van der Waals surface area contributed by atoms with Crippen LogP contribution in [-0.4, -0.2) is 29.7 Å². The number of hydrogen-bond acceptors (Lipinski definition) is 0. The van der Waals surface area contributed by atoms with Gasteiger partial charge in [0, 0.05) is 25.2 Å². The Labute approximate surface area is 102 Å². The molecule has 0 N–H and O–H groups in total. The average Bonchev–Trinajstić information content (AvgIpc) is 2.70. The standard InChI is InChI=1S/C15H30N/c1-12(2)16(8-6-7-9-16)14-11-15(4,5)10-13(14)3/h12-14H,6-11H2,1-5H3/q+1. The third kappa shape index (κ3) is 1.92. The number of quaternary nitrogens is 1. The smallest absolute Gasteiger partial charge is 0.0923 e. The molecule has 1 heteroatoms. The minimum Gasteiger partial charge on any atom is -0.319 e. The highest BCUT2D eigenvalue weighted by Crippen LogP contribution is 2.47. The highest BCUT2D eigenvalue weighted by atomic mass is 15.4. The normalized spacial score (nSPS) is 37.1. The molecular weight excluding hydrogens is 194 g/mol. The fourth-order valence-electron chi connectivity index (χ4n) is 4.70. The molecule has 1 heterocycles. The minimum atomic E-state index is 0.590. The minimum absolute atomic E-state index is 0.590. The summed E-state index contributed by atoms with van der Waals surface area (Å²) in [6.45, 7) is 15.2. The molecule has 0 bridgehead atoms. The van der Waals surface area contributed by atoms with Crippen LogP contribution in [0.1, 0.15) is 60.3 Å². The first-order chi connectivity index (χ1) is 7.37. The first kappa shape index (κ1) is 12.4. The van der Waals surface area contributed by atoms with Gasteiger partial charge in [0.05, 0.1) is 25.2 Å². The fourth-order valence-corrected chi connectivity index (χ4v) is 4.70. The van der Waals surface area contributed by atoms with E-state index in [-0.39, 0.29) is 0 Å². The number of rotatable bonds is 2. The monoisotopic (exact) mass is 224 g/mol. The van der Waals surface area contributed by atoms with Gasteiger partial charge < -0.3 is 4.48 Å². The SMILES string of the molecule is CC1CC(C)(C)CC1[N+]1(C(C)C)CCCC1. The summed E-state index contributed by atoms with van der Waals surface area (Å²) in [5, 5.41) is 0. The summed E-state index contributed by atoms with van der Waals surface area (Å²) in [6, 6.07) is 1.77. The molecule has 2 aliphatic rings. The van der Waals surface area contributed by atoms with Crippen molar-refractivity contribution in [2.75, 3.05) is 13.1 Å². The van der Waals surface area contributed by atoms with Crippen molar-refractivity contribution in [3.63, 3.8) is 0 Å². The van der Waals surface area contributed by atoms with E-state index in [1.165, 1.54) is 43.3 Å². The van der Waals surface area contributed by atoms with Gasteiger partial charge in [0.15, 0.2) is 0 Å². The van der Waals surface area contributed by atoms with Crippen LogP contribution in [0, 0.1) is 11.3 Å². The lowest BCUT2D eigenvalue weighted by Gasteiger charge is -2.46. The van der Waals surface area contributed by atoms with Crippen molar-refractivity contribution in [2.24, 2.45) is 11.3 Å². The molecule has 2 rings (SSSR count). The Morgan fingerprint density at radius 2 is 1.62 bits per heavy atom. The summed E-state index contributed by atoms with van der Waals surface area (Å²) in [5.74, 6) is 0.926. The summed E-state index contributed by atoms with van der Waals surface area (Å²) in [6.07, 6.45) is 5.81. The molecule has 0 aromatic carbocycles. The van der Waals surface area contributed by atoms with Crippen molar-refractivity contribution in [2.45, 2.75) is 72.4 Å². The van der Waals surface area contributed by atoms with Crippen LogP contribution in [-0.2, 0) is 0 Å². The molecule has 2 unspecified atom stereocenters. The zero-order valence-corrected chi connectivity index (χ0v) is 11.9. The second kappa shape index (κ2) is 4.01. The summed E-state index contributed by atoms with van der Waals surface area (Å²) >= 11 is 0. The largest absolute Gasteiger partial charge is 0.319 e. The van der Waals surface area contributed by atoms with E-state index in [9.17, 15) is 0 Å². The highest BCUT2D eigenvalue weighted by Gasteiger charge is 2.51. The quantitative estimate of drug-likeness (QED) is 0.625. The molecule has 1 aliphatic heterocycles. The molecule has 2 fully saturated rings. The molecular formula is C15H30N+. The van der Waals surface area contributed by atoms with Gasteiger partial charge in [-0.2, -0.15) is 0 Å². The Morgan fingerprint density at radius 1 is 1.06 bits per heavy atom. The van der Waals surface area contributed by atoms with E-state index in [0.717, 1.165) is 18.0 Å². The van der Waals surface area contributed by atoms with E-state index in [2.05, 4.69) is 34.6 Å². The maximum absolute atomic E-state index is 2.50. The summed E-state index contributed by atoms with van der Waals surface area (Å²) in [4.78, 5) is 0. The number of hydrogen-bond donors (Lipinski definition) is 0. The molecule has 0 radical (unpaired) electrons. The van der Waals surface area contributed by atoms with Gasteiger partial charge in [-0.1, -0.05) is 20.8 Å². The maximum atomic E-state index is 2.50. The van der Waals surface area contributed by atoms with Crippen molar-refractivity contribution in [3.05, 3.63) is 0 Å². The maximum Gasteiger partial charge on any atom is 0.0923 e. The lowest BCUT2D eigenvalue weighted by atomic mass is 9.91. The zero-order valence-electron chi connectivity index (χ0n) is 11.9. The fraction of sp³-hybridized carbons (Fsp3) is 1.00. The van der Waals surface area contributed by atoms with Gasteiger partial charge in [-0.05, 0) is 25.7 Å². The van der Waals surface area contributed by atoms with Gasteiger partial charge in [-0.25, -0.2) is 0 Å². The average molecular weight is 224 g/mol. The lowest BCUT2D eigenvalue weighted by molar-refractivity contribution is -0.962. The third-order valence-electron chi connectivity index (χ3n) is 5.38. The Hall–Kier alpha value is -0.0400. The van der Waals surface area contributed by atoms with Crippen molar-refractivity contribution < 1.29 is 4.48 Å². The van der Waals surface area contributed by atoms with Crippen molar-refractivity contribution in [3.8, 4) is 0 Å². The van der Waals surface area contributed by atoms with Gasteiger partial charge >= 0.3 is 0 Å². The van der Waals surface area contributed by atoms with Crippen LogP contribution in [0.3, 0.4) is 0 Å². The molecule has 2 atom stereocenters. The van der Waals surface area contributed by atoms with Gasteiger partial charge in [0.2, 0.25) is 0 Å². The Kier molecular flexibility index (Phi) is 3.11. The van der Waals surface area contributed by atoms with Crippen molar-refractivity contribution in [1.82, 2.24) is 0 Å². The molecule has 0 spiro atoms. The third-order valence-corrected chi connectivity index (χ3v) is 5.38. The van der Waals surface area contributed by atoms with Gasteiger partial charge in [-0.15, -0.1) is 0 Å². The molecule has 0 amide bonds. The number of likely N-dealkylation sites (tertiary alicyclic amines) is 1. The van der Waals surface area contributed by atoms with Crippen LogP contribution in [0.15, 0.2) is 0 Å². The van der Waals surface area contributed by atoms with E-state index in [0.29, 0.717) is 5.41 Å². The van der Waals surface area contributed by atoms with E-state index in [1.807, 2.05) is 0 Å². The summed E-state index contributed by atoms with van der Waals surface area (Å²) in [5.41, 5.74) is 0.590. The van der Waals surface area contributed by atoms with Crippen LogP contribution in [0.5, 0.6) is 0 Å². The molecule has 1 saturated heterocycles. The van der Waals surface area contributed by atoms with E-state index in [1.54, 1.807) is 0 Å². The highest BCUT2D eigenvalue weighted by molar-refractivity contribution is 4.89.